The Bertz CT molecular complexity index is 1010. The third-order valence-corrected chi connectivity index (χ3v) is 4.38. The molecule has 180 valence electrons. The Morgan fingerprint density at radius 3 is 1.45 bits per heavy atom. The summed E-state index contributed by atoms with van der Waals surface area (Å²) < 4.78 is 134. The zero-order chi connectivity index (χ0) is 24.9. The molecule has 0 radical (unpaired) electrons. The monoisotopic (exact) mass is 486 g/mol. The van der Waals surface area contributed by atoms with Gasteiger partial charge in [0.25, 0.3) is 0 Å². The second-order valence-electron chi connectivity index (χ2n) is 6.54. The number of carbonyl (C=O) groups is 1. The van der Waals surface area contributed by atoms with Gasteiger partial charge in [-0.2, -0.15) is 8.78 Å². The van der Waals surface area contributed by atoms with E-state index in [2.05, 4.69) is 11.3 Å². The van der Waals surface area contributed by atoms with Crippen molar-refractivity contribution < 1.29 is 53.8 Å². The van der Waals surface area contributed by atoms with Crippen molar-refractivity contribution in [3.8, 4) is 16.9 Å². The molecule has 3 nitrogen and oxygen atoms in total. The molecule has 0 saturated heterocycles. The maximum atomic E-state index is 14.3. The van der Waals surface area contributed by atoms with E-state index in [0.29, 0.717) is 19.3 Å². The zero-order valence-electron chi connectivity index (χ0n) is 16.7. The lowest BCUT2D eigenvalue weighted by Gasteiger charge is -2.15. The summed E-state index contributed by atoms with van der Waals surface area (Å²) in [6.07, 6.45) is 2.48. The summed E-state index contributed by atoms with van der Waals surface area (Å²) >= 11 is 0. The molecule has 0 fully saturated rings. The molecule has 2 aromatic rings. The van der Waals surface area contributed by atoms with Crippen LogP contribution < -0.4 is 4.74 Å². The second kappa shape index (κ2) is 11.1. The molecule has 33 heavy (non-hydrogen) atoms. The molecule has 0 heterocycles. The summed E-state index contributed by atoms with van der Waals surface area (Å²) in [4.78, 5) is 10.8. The van der Waals surface area contributed by atoms with Crippen molar-refractivity contribution in [1.82, 2.24) is 0 Å². The topological polar surface area (TPSA) is 35.5 Å². The number of esters is 1. The van der Waals surface area contributed by atoms with Gasteiger partial charge in [0, 0.05) is 6.08 Å². The molecule has 0 saturated carbocycles. The number of hydrogen-bond donors (Lipinski definition) is 0. The van der Waals surface area contributed by atoms with Gasteiger partial charge in [-0.15, -0.1) is 0 Å². The van der Waals surface area contributed by atoms with Gasteiger partial charge in [0.05, 0.1) is 24.3 Å². The maximum Gasteiger partial charge on any atom is 0.330 e. The van der Waals surface area contributed by atoms with E-state index in [1.165, 1.54) is 0 Å². The van der Waals surface area contributed by atoms with Gasteiger partial charge in [0.1, 0.15) is 0 Å². The standard InChI is InChI=1S/C21H15F9O3/c1-2-9(31)32-7-5-3-4-6-8-33-21-19(29)14(24)11(15(25)20(21)30)10-12(22)16(26)18(28)17(27)13(10)23/h2H,1,3-8H2. The highest BCUT2D eigenvalue weighted by molar-refractivity contribution is 5.81. The lowest BCUT2D eigenvalue weighted by molar-refractivity contribution is -0.137. The molecule has 0 aliphatic carbocycles. The summed E-state index contributed by atoms with van der Waals surface area (Å²) in [5, 5.41) is 0. The molecule has 2 rings (SSSR count). The highest BCUT2D eigenvalue weighted by atomic mass is 19.2. The molecule has 0 spiro atoms. The van der Waals surface area contributed by atoms with Crippen LogP contribution in [0.5, 0.6) is 5.75 Å². The van der Waals surface area contributed by atoms with Crippen molar-refractivity contribution in [3.05, 3.63) is 65.0 Å². The smallest absolute Gasteiger partial charge is 0.330 e. The highest BCUT2D eigenvalue weighted by Gasteiger charge is 2.34. The summed E-state index contributed by atoms with van der Waals surface area (Å²) in [6.45, 7) is 2.88. The van der Waals surface area contributed by atoms with Gasteiger partial charge >= 0.3 is 5.97 Å². The first-order valence-corrected chi connectivity index (χ1v) is 9.34. The Kier molecular flexibility index (Phi) is 8.77. The van der Waals surface area contributed by atoms with Crippen LogP contribution in [0.1, 0.15) is 25.7 Å². The molecule has 0 bridgehead atoms. The van der Waals surface area contributed by atoms with Gasteiger partial charge in [-0.3, -0.25) is 0 Å². The lowest BCUT2D eigenvalue weighted by Crippen LogP contribution is -2.11. The molecule has 0 atom stereocenters. The van der Waals surface area contributed by atoms with E-state index in [1.54, 1.807) is 0 Å². The fraction of sp³-hybridized carbons (Fsp3) is 0.286. The minimum atomic E-state index is -2.64. The molecule has 0 unspecified atom stereocenters. The predicted molar refractivity (Wildman–Crippen MR) is 96.6 cm³/mol. The summed E-state index contributed by atoms with van der Waals surface area (Å²) in [6, 6.07) is 0. The fourth-order valence-corrected chi connectivity index (χ4v) is 2.75. The van der Waals surface area contributed by atoms with E-state index >= 15 is 0 Å². The van der Waals surface area contributed by atoms with E-state index in [9.17, 15) is 44.3 Å². The van der Waals surface area contributed by atoms with Crippen LogP contribution in [0.2, 0.25) is 0 Å². The third kappa shape index (κ3) is 5.42. The van der Waals surface area contributed by atoms with Crippen molar-refractivity contribution in [3.63, 3.8) is 0 Å². The lowest BCUT2D eigenvalue weighted by atomic mass is 10.0. The Balaban J connectivity index is 2.19. The van der Waals surface area contributed by atoms with E-state index in [-0.39, 0.29) is 13.0 Å². The van der Waals surface area contributed by atoms with Crippen molar-refractivity contribution in [1.29, 1.82) is 0 Å². The third-order valence-electron chi connectivity index (χ3n) is 4.38. The number of unbranched alkanes of at least 4 members (excludes halogenated alkanes) is 3. The summed E-state index contributed by atoms with van der Waals surface area (Å²) in [5.41, 5.74) is -4.28. The first-order valence-electron chi connectivity index (χ1n) is 9.34. The number of benzene rings is 2. The van der Waals surface area contributed by atoms with E-state index in [1.807, 2.05) is 0 Å². The normalized spacial score (nSPS) is 10.9. The molecule has 0 N–H and O–H groups in total. The van der Waals surface area contributed by atoms with Gasteiger partial charge in [-0.25, -0.2) is 35.5 Å². The number of carbonyl (C=O) groups excluding carboxylic acids is 1. The Morgan fingerprint density at radius 2 is 1.00 bits per heavy atom. The quantitative estimate of drug-likeness (QED) is 0.0992. The van der Waals surface area contributed by atoms with E-state index in [4.69, 9.17) is 4.74 Å². The van der Waals surface area contributed by atoms with Gasteiger partial charge in [-0.1, -0.05) is 6.58 Å². The second-order valence-corrected chi connectivity index (χ2v) is 6.54. The molecule has 12 heteroatoms. The summed E-state index contributed by atoms with van der Waals surface area (Å²) in [5.74, 6) is -24.5. The minimum Gasteiger partial charge on any atom is -0.487 e. The fourth-order valence-electron chi connectivity index (χ4n) is 2.75. The SMILES string of the molecule is C=CC(=O)OCCCCCCOc1c(F)c(F)c(-c2c(F)c(F)c(F)c(F)c2F)c(F)c1F. The van der Waals surface area contributed by atoms with Crippen LogP contribution in [0.25, 0.3) is 11.1 Å². The van der Waals surface area contributed by atoms with E-state index in [0.717, 1.165) is 6.08 Å². The van der Waals surface area contributed by atoms with Gasteiger partial charge < -0.3 is 9.47 Å². The van der Waals surface area contributed by atoms with Crippen LogP contribution in [0.4, 0.5) is 39.5 Å². The predicted octanol–water partition coefficient (Wildman–Crippen LogP) is 6.27. The molecular weight excluding hydrogens is 471 g/mol. The molecule has 0 aromatic heterocycles. The molecule has 0 aliphatic rings. The van der Waals surface area contributed by atoms with Crippen LogP contribution in [-0.4, -0.2) is 19.2 Å². The van der Waals surface area contributed by atoms with Crippen molar-refractivity contribution in [2.45, 2.75) is 25.7 Å². The van der Waals surface area contributed by atoms with E-state index < -0.39 is 81.8 Å². The average Bonchev–Trinajstić information content (AvgIpc) is 2.80. The molecule has 0 amide bonds. The van der Waals surface area contributed by atoms with Crippen LogP contribution in [0, 0.1) is 52.4 Å². The van der Waals surface area contributed by atoms with Gasteiger partial charge in [0.2, 0.25) is 17.5 Å². The van der Waals surface area contributed by atoms with Crippen molar-refractivity contribution in [2.75, 3.05) is 13.2 Å². The zero-order valence-corrected chi connectivity index (χ0v) is 16.7. The first-order chi connectivity index (χ1) is 15.5. The molecule has 2 aromatic carbocycles. The average molecular weight is 486 g/mol. The Morgan fingerprint density at radius 1 is 0.606 bits per heavy atom. The van der Waals surface area contributed by atoms with Crippen LogP contribution in [-0.2, 0) is 9.53 Å². The number of rotatable bonds is 10. The van der Waals surface area contributed by atoms with Gasteiger partial charge in [-0.05, 0) is 25.7 Å². The van der Waals surface area contributed by atoms with Crippen LogP contribution >= 0.6 is 0 Å². The summed E-state index contributed by atoms with van der Waals surface area (Å²) in [7, 11) is 0. The number of halogens is 9. The molecular formula is C21H15F9O3. The van der Waals surface area contributed by atoms with Gasteiger partial charge in [0.15, 0.2) is 40.7 Å². The number of ether oxygens (including phenoxy) is 2. The Hall–Kier alpha value is -3.18. The highest BCUT2D eigenvalue weighted by Crippen LogP contribution is 2.39. The van der Waals surface area contributed by atoms with Crippen LogP contribution in [0.15, 0.2) is 12.7 Å². The van der Waals surface area contributed by atoms with Crippen LogP contribution in [0.3, 0.4) is 0 Å². The molecule has 0 aliphatic heterocycles. The van der Waals surface area contributed by atoms with Crippen molar-refractivity contribution in [2.24, 2.45) is 0 Å². The van der Waals surface area contributed by atoms with Crippen molar-refractivity contribution >= 4 is 5.97 Å². The minimum absolute atomic E-state index is 0.102. The maximum absolute atomic E-state index is 14.3. The first kappa shape index (κ1) is 26.1. The number of hydrogen-bond acceptors (Lipinski definition) is 3. The Labute approximate surface area is 181 Å². The largest absolute Gasteiger partial charge is 0.487 e.